The van der Waals surface area contributed by atoms with Crippen LogP contribution in [-0.4, -0.2) is 22.0 Å². The van der Waals surface area contributed by atoms with E-state index in [0.717, 1.165) is 11.3 Å². The lowest BCUT2D eigenvalue weighted by Gasteiger charge is -2.21. The molecule has 1 aromatic carbocycles. The van der Waals surface area contributed by atoms with Gasteiger partial charge in [0.1, 0.15) is 4.99 Å². The van der Waals surface area contributed by atoms with Crippen molar-refractivity contribution in [2.24, 2.45) is 5.73 Å². The van der Waals surface area contributed by atoms with Crippen molar-refractivity contribution in [1.29, 1.82) is 0 Å². The summed E-state index contributed by atoms with van der Waals surface area (Å²) in [6.07, 6.45) is 3.83. The van der Waals surface area contributed by atoms with E-state index in [1.807, 2.05) is 30.0 Å². The summed E-state index contributed by atoms with van der Waals surface area (Å²) in [5, 5.41) is 4.92. The Bertz CT molecular complexity index is 465. The van der Waals surface area contributed by atoms with Crippen molar-refractivity contribution < 1.29 is 0 Å². The fourth-order valence-electron chi connectivity index (χ4n) is 2.52. The molecule has 1 fully saturated rings. The van der Waals surface area contributed by atoms with Crippen LogP contribution in [-0.2, 0) is 0 Å². The molecule has 0 radical (unpaired) electrons. The van der Waals surface area contributed by atoms with Gasteiger partial charge >= 0.3 is 0 Å². The highest BCUT2D eigenvalue weighted by molar-refractivity contribution is 7.99. The fourth-order valence-corrected chi connectivity index (χ4v) is 4.24. The molecule has 1 aliphatic rings. The van der Waals surface area contributed by atoms with E-state index in [1.54, 1.807) is 0 Å². The lowest BCUT2D eigenvalue weighted by Crippen LogP contribution is -2.26. The van der Waals surface area contributed by atoms with Crippen molar-refractivity contribution in [3.63, 3.8) is 0 Å². The van der Waals surface area contributed by atoms with Crippen molar-refractivity contribution in [1.82, 2.24) is 0 Å². The molecule has 2 atom stereocenters. The van der Waals surface area contributed by atoms with Gasteiger partial charge in [0, 0.05) is 22.5 Å². The summed E-state index contributed by atoms with van der Waals surface area (Å²) in [5.74, 6) is 1.17. The van der Waals surface area contributed by atoms with Crippen LogP contribution < -0.4 is 11.1 Å². The van der Waals surface area contributed by atoms with Gasteiger partial charge in [-0.25, -0.2) is 0 Å². The summed E-state index contributed by atoms with van der Waals surface area (Å²) < 4.78 is 0. The normalized spacial score (nSPS) is 22.4. The average Bonchev–Trinajstić information content (AvgIpc) is 2.77. The minimum absolute atomic E-state index is 0.344. The van der Waals surface area contributed by atoms with Crippen LogP contribution in [0.5, 0.6) is 0 Å². The number of rotatable bonds is 5. The maximum atomic E-state index is 6.19. The first-order valence-corrected chi connectivity index (χ1v) is 8.42. The van der Waals surface area contributed by atoms with Crippen LogP contribution in [0.1, 0.15) is 31.7 Å². The number of hydrogen-bond donors (Lipinski definition) is 2. The maximum Gasteiger partial charge on any atom is 0.105 e. The predicted octanol–water partition coefficient (Wildman–Crippen LogP) is 4.06. The quantitative estimate of drug-likeness (QED) is 0.804. The zero-order valence-electron chi connectivity index (χ0n) is 11.0. The highest BCUT2D eigenvalue weighted by Crippen LogP contribution is 2.32. The Morgan fingerprint density at radius 1 is 1.53 bits per heavy atom. The summed E-state index contributed by atoms with van der Waals surface area (Å²) in [6, 6.07) is 6.36. The number of halogens is 1. The van der Waals surface area contributed by atoms with Crippen LogP contribution >= 0.6 is 35.6 Å². The van der Waals surface area contributed by atoms with Gasteiger partial charge in [-0.05, 0) is 36.8 Å². The average molecular weight is 315 g/mol. The molecule has 104 valence electrons. The molecule has 0 aromatic heterocycles. The summed E-state index contributed by atoms with van der Waals surface area (Å²) in [6.45, 7) is 2.22. The van der Waals surface area contributed by atoms with Crippen molar-refractivity contribution in [2.45, 2.75) is 37.5 Å². The Morgan fingerprint density at radius 2 is 2.32 bits per heavy atom. The maximum absolute atomic E-state index is 6.19. The Morgan fingerprint density at radius 3 is 2.95 bits per heavy atom. The summed E-state index contributed by atoms with van der Waals surface area (Å²) >= 11 is 13.2. The standard InChI is InChI=1S/C14H19ClN2S2/c1-2-19-13-5-3-4-12(13)17-9-6-7-10(14(16)18)11(15)8-9/h6-8,12-13,17H,2-5H2,1H3,(H2,16,18). The molecule has 2 unspecified atom stereocenters. The number of thioether (sulfide) groups is 1. The Balaban J connectivity index is 2.07. The Hall–Kier alpha value is -0.450. The van der Waals surface area contributed by atoms with Crippen LogP contribution in [0.2, 0.25) is 5.02 Å². The van der Waals surface area contributed by atoms with Crippen LogP contribution in [0, 0.1) is 0 Å². The molecule has 19 heavy (non-hydrogen) atoms. The zero-order chi connectivity index (χ0) is 13.8. The molecule has 1 aromatic rings. The second-order valence-electron chi connectivity index (χ2n) is 4.73. The van der Waals surface area contributed by atoms with Gasteiger partial charge in [-0.15, -0.1) is 0 Å². The topological polar surface area (TPSA) is 38.0 Å². The van der Waals surface area contributed by atoms with Crippen LogP contribution in [0.3, 0.4) is 0 Å². The molecular weight excluding hydrogens is 296 g/mol. The van der Waals surface area contributed by atoms with E-state index in [9.17, 15) is 0 Å². The molecule has 0 saturated heterocycles. The van der Waals surface area contributed by atoms with Crippen molar-refractivity contribution >= 4 is 46.3 Å². The molecule has 0 heterocycles. The number of thiocarbonyl (C=S) groups is 1. The summed E-state index contributed by atoms with van der Waals surface area (Å²) in [5.41, 5.74) is 7.41. The molecule has 0 amide bonds. The number of anilines is 1. The van der Waals surface area contributed by atoms with Gasteiger partial charge in [-0.3, -0.25) is 0 Å². The molecule has 0 bridgehead atoms. The molecule has 1 aliphatic carbocycles. The van der Waals surface area contributed by atoms with Crippen LogP contribution in [0.25, 0.3) is 0 Å². The molecule has 0 spiro atoms. The highest BCUT2D eigenvalue weighted by atomic mass is 35.5. The molecule has 1 saturated carbocycles. The van der Waals surface area contributed by atoms with Gasteiger partial charge < -0.3 is 11.1 Å². The molecule has 3 N–H and O–H groups in total. The van der Waals surface area contributed by atoms with Gasteiger partial charge in [0.15, 0.2) is 0 Å². The van der Waals surface area contributed by atoms with Gasteiger partial charge in [0.25, 0.3) is 0 Å². The van der Waals surface area contributed by atoms with Gasteiger partial charge in [0.05, 0.1) is 5.02 Å². The smallest absolute Gasteiger partial charge is 0.105 e. The molecule has 2 nitrogen and oxygen atoms in total. The van der Waals surface area contributed by atoms with Crippen molar-refractivity contribution in [3.05, 3.63) is 28.8 Å². The van der Waals surface area contributed by atoms with E-state index in [4.69, 9.17) is 29.6 Å². The molecular formula is C14H19ClN2S2. The first-order valence-electron chi connectivity index (χ1n) is 6.59. The Labute approximate surface area is 129 Å². The molecule has 2 rings (SSSR count). The van der Waals surface area contributed by atoms with E-state index >= 15 is 0 Å². The van der Waals surface area contributed by atoms with Crippen LogP contribution in [0.15, 0.2) is 18.2 Å². The largest absolute Gasteiger partial charge is 0.389 e. The van der Waals surface area contributed by atoms with Crippen molar-refractivity contribution in [3.8, 4) is 0 Å². The third kappa shape index (κ3) is 3.77. The first kappa shape index (κ1) is 14.9. The van der Waals surface area contributed by atoms with Gasteiger partial charge in [0.2, 0.25) is 0 Å². The second kappa shape index (κ2) is 6.82. The number of benzene rings is 1. The van der Waals surface area contributed by atoms with E-state index in [0.29, 0.717) is 21.3 Å². The van der Waals surface area contributed by atoms with Gasteiger partial charge in [-0.1, -0.05) is 37.2 Å². The van der Waals surface area contributed by atoms with E-state index in [2.05, 4.69) is 12.2 Å². The number of hydrogen-bond acceptors (Lipinski definition) is 3. The van der Waals surface area contributed by atoms with Crippen molar-refractivity contribution in [2.75, 3.05) is 11.1 Å². The summed E-state index contributed by atoms with van der Waals surface area (Å²) in [4.78, 5) is 0.344. The van der Waals surface area contributed by atoms with Crippen LogP contribution in [0.4, 0.5) is 5.69 Å². The third-order valence-electron chi connectivity index (χ3n) is 3.42. The van der Waals surface area contributed by atoms with E-state index in [-0.39, 0.29) is 0 Å². The third-order valence-corrected chi connectivity index (χ3v) is 5.28. The fraction of sp³-hybridized carbons (Fsp3) is 0.500. The number of nitrogens with two attached hydrogens (primary N) is 1. The lowest BCUT2D eigenvalue weighted by atomic mass is 10.1. The van der Waals surface area contributed by atoms with E-state index in [1.165, 1.54) is 25.0 Å². The Kier molecular flexibility index (Phi) is 5.37. The SMILES string of the molecule is CCSC1CCCC1Nc1ccc(C(N)=S)c(Cl)c1. The second-order valence-corrected chi connectivity index (χ2v) is 7.10. The minimum atomic E-state index is 0.344. The number of nitrogens with one attached hydrogen (secondary N) is 1. The minimum Gasteiger partial charge on any atom is -0.389 e. The van der Waals surface area contributed by atoms with Gasteiger partial charge in [-0.2, -0.15) is 11.8 Å². The monoisotopic (exact) mass is 314 g/mol. The van der Waals surface area contributed by atoms with E-state index < -0.39 is 0 Å². The first-order chi connectivity index (χ1) is 9.11. The molecule has 0 aliphatic heterocycles. The zero-order valence-corrected chi connectivity index (χ0v) is 13.4. The predicted molar refractivity (Wildman–Crippen MR) is 90.5 cm³/mol. The lowest BCUT2D eigenvalue weighted by molar-refractivity contribution is 0.768. The molecule has 5 heteroatoms. The summed E-state index contributed by atoms with van der Waals surface area (Å²) in [7, 11) is 0. The highest BCUT2D eigenvalue weighted by Gasteiger charge is 2.26.